The Kier molecular flexibility index (Phi) is 7.13. The Morgan fingerprint density at radius 3 is 2.60 bits per heavy atom. The fourth-order valence-electron chi connectivity index (χ4n) is 1.51. The van der Waals surface area contributed by atoms with E-state index in [2.05, 4.69) is 5.32 Å². The highest BCUT2D eigenvalue weighted by Crippen LogP contribution is 2.01. The average Bonchev–Trinajstić information content (AvgIpc) is 2.45. The number of amides is 1. The topological polar surface area (TPSA) is 84.9 Å². The zero-order valence-electron chi connectivity index (χ0n) is 11.4. The van der Waals surface area contributed by atoms with Gasteiger partial charge in [-0.05, 0) is 12.5 Å². The fraction of sp³-hybridized carbons (Fsp3) is 0.429. The molecule has 1 unspecified atom stereocenters. The number of alkyl carbamates (subject to hydrolysis) is 1. The van der Waals surface area contributed by atoms with Crippen LogP contribution in [0.25, 0.3) is 0 Å². The molecule has 0 aliphatic heterocycles. The zero-order chi connectivity index (χ0) is 14.8. The molecule has 0 heterocycles. The molecule has 0 radical (unpaired) electrons. The Morgan fingerprint density at radius 1 is 1.30 bits per heavy atom. The van der Waals surface area contributed by atoms with E-state index in [-0.39, 0.29) is 19.6 Å². The average molecular weight is 281 g/mol. The van der Waals surface area contributed by atoms with E-state index in [4.69, 9.17) is 14.6 Å². The summed E-state index contributed by atoms with van der Waals surface area (Å²) in [4.78, 5) is 22.5. The van der Waals surface area contributed by atoms with E-state index in [9.17, 15) is 9.59 Å². The Hall–Kier alpha value is -2.08. The zero-order valence-corrected chi connectivity index (χ0v) is 11.4. The molecule has 2 N–H and O–H groups in total. The lowest BCUT2D eigenvalue weighted by atomic mass is 10.2. The minimum absolute atomic E-state index is 0.102. The maximum atomic E-state index is 11.5. The number of carboxylic acid groups (broad SMARTS) is 1. The third kappa shape index (κ3) is 6.19. The van der Waals surface area contributed by atoms with Crippen LogP contribution in [-0.4, -0.2) is 36.4 Å². The first-order valence-corrected chi connectivity index (χ1v) is 6.41. The van der Waals surface area contributed by atoms with Gasteiger partial charge in [-0.1, -0.05) is 30.3 Å². The maximum Gasteiger partial charge on any atom is 0.408 e. The highest BCUT2D eigenvalue weighted by atomic mass is 16.5. The molecule has 0 saturated carbocycles. The van der Waals surface area contributed by atoms with Crippen molar-refractivity contribution < 1.29 is 24.2 Å². The van der Waals surface area contributed by atoms with Crippen LogP contribution in [0.4, 0.5) is 4.79 Å². The van der Waals surface area contributed by atoms with Crippen molar-refractivity contribution in [2.75, 3.05) is 13.2 Å². The van der Waals surface area contributed by atoms with Gasteiger partial charge in [-0.3, -0.25) is 0 Å². The monoisotopic (exact) mass is 281 g/mol. The van der Waals surface area contributed by atoms with E-state index in [0.29, 0.717) is 6.61 Å². The van der Waals surface area contributed by atoms with Gasteiger partial charge in [-0.2, -0.15) is 0 Å². The second-order valence-electron chi connectivity index (χ2n) is 4.08. The molecular weight excluding hydrogens is 262 g/mol. The van der Waals surface area contributed by atoms with Crippen LogP contribution in [0.3, 0.4) is 0 Å². The minimum atomic E-state index is -1.11. The molecule has 1 amide bonds. The Balaban J connectivity index is 2.36. The summed E-state index contributed by atoms with van der Waals surface area (Å²) in [5, 5.41) is 11.3. The van der Waals surface area contributed by atoms with Gasteiger partial charge in [0, 0.05) is 19.6 Å². The summed E-state index contributed by atoms with van der Waals surface area (Å²) in [6.45, 7) is 2.69. The first-order chi connectivity index (χ1) is 9.63. The molecule has 0 aliphatic carbocycles. The molecule has 20 heavy (non-hydrogen) atoms. The predicted molar refractivity (Wildman–Crippen MR) is 72.3 cm³/mol. The summed E-state index contributed by atoms with van der Waals surface area (Å²) < 4.78 is 10.0. The normalized spacial score (nSPS) is 11.7. The molecule has 1 aromatic carbocycles. The van der Waals surface area contributed by atoms with Crippen LogP contribution in [0, 0.1) is 0 Å². The highest BCUT2D eigenvalue weighted by molar-refractivity contribution is 5.79. The van der Waals surface area contributed by atoms with Crippen molar-refractivity contribution in [3.63, 3.8) is 0 Å². The standard InChI is InChI=1S/C14H19NO5/c1-2-19-9-8-12(13(16)17)15-14(18)20-10-11-6-4-3-5-7-11/h3-7,12H,2,8-10H2,1H3,(H,15,18)(H,16,17). The van der Waals surface area contributed by atoms with E-state index in [1.807, 2.05) is 37.3 Å². The number of carbonyl (C=O) groups excluding carboxylic acids is 1. The van der Waals surface area contributed by atoms with E-state index < -0.39 is 18.1 Å². The van der Waals surface area contributed by atoms with Crippen LogP contribution in [0.5, 0.6) is 0 Å². The second-order valence-corrected chi connectivity index (χ2v) is 4.08. The number of nitrogens with one attached hydrogen (secondary N) is 1. The quantitative estimate of drug-likeness (QED) is 0.710. The van der Waals surface area contributed by atoms with Crippen molar-refractivity contribution in [3.05, 3.63) is 35.9 Å². The Bertz CT molecular complexity index is 421. The SMILES string of the molecule is CCOCCC(NC(=O)OCc1ccccc1)C(=O)O. The van der Waals surface area contributed by atoms with E-state index in [0.717, 1.165) is 5.56 Å². The number of aliphatic carboxylic acids is 1. The van der Waals surface area contributed by atoms with E-state index >= 15 is 0 Å². The smallest absolute Gasteiger partial charge is 0.408 e. The third-order valence-electron chi connectivity index (χ3n) is 2.56. The van der Waals surface area contributed by atoms with E-state index in [1.165, 1.54) is 0 Å². The van der Waals surface area contributed by atoms with Crippen LogP contribution in [0.1, 0.15) is 18.9 Å². The van der Waals surface area contributed by atoms with Crippen molar-refractivity contribution in [2.24, 2.45) is 0 Å². The van der Waals surface area contributed by atoms with Gasteiger partial charge in [-0.15, -0.1) is 0 Å². The predicted octanol–water partition coefficient (Wildman–Crippen LogP) is 1.79. The van der Waals surface area contributed by atoms with Crippen molar-refractivity contribution >= 4 is 12.1 Å². The summed E-state index contributed by atoms with van der Waals surface area (Å²) in [7, 11) is 0. The highest BCUT2D eigenvalue weighted by Gasteiger charge is 2.20. The maximum absolute atomic E-state index is 11.5. The molecule has 1 rings (SSSR count). The summed E-state index contributed by atoms with van der Waals surface area (Å²) in [5.74, 6) is -1.11. The first kappa shape index (κ1) is 16.0. The van der Waals surface area contributed by atoms with Crippen molar-refractivity contribution in [2.45, 2.75) is 26.0 Å². The minimum Gasteiger partial charge on any atom is -0.480 e. The van der Waals surface area contributed by atoms with Crippen molar-refractivity contribution in [1.82, 2.24) is 5.32 Å². The molecule has 0 aromatic heterocycles. The summed E-state index contributed by atoms with van der Waals surface area (Å²) in [6, 6.07) is 8.15. The molecule has 0 fully saturated rings. The van der Waals surface area contributed by atoms with Crippen molar-refractivity contribution in [1.29, 1.82) is 0 Å². The number of hydrogen-bond donors (Lipinski definition) is 2. The van der Waals surface area contributed by atoms with Crippen LogP contribution < -0.4 is 5.32 Å². The number of carbonyl (C=O) groups is 2. The van der Waals surface area contributed by atoms with Crippen LogP contribution in [0.2, 0.25) is 0 Å². The van der Waals surface area contributed by atoms with Crippen LogP contribution in [-0.2, 0) is 20.9 Å². The van der Waals surface area contributed by atoms with Gasteiger partial charge < -0.3 is 19.9 Å². The Morgan fingerprint density at radius 2 is 2.00 bits per heavy atom. The van der Waals surface area contributed by atoms with Gasteiger partial charge in [0.05, 0.1) is 0 Å². The largest absolute Gasteiger partial charge is 0.480 e. The Labute approximate surface area is 117 Å². The number of benzene rings is 1. The van der Waals surface area contributed by atoms with Gasteiger partial charge in [0.15, 0.2) is 0 Å². The van der Waals surface area contributed by atoms with Crippen molar-refractivity contribution in [3.8, 4) is 0 Å². The lowest BCUT2D eigenvalue weighted by Gasteiger charge is -2.14. The molecule has 0 bridgehead atoms. The van der Waals surface area contributed by atoms with Gasteiger partial charge in [-0.25, -0.2) is 9.59 Å². The molecule has 110 valence electrons. The first-order valence-electron chi connectivity index (χ1n) is 6.41. The molecule has 0 spiro atoms. The molecule has 0 saturated heterocycles. The van der Waals surface area contributed by atoms with Gasteiger partial charge >= 0.3 is 12.1 Å². The number of ether oxygens (including phenoxy) is 2. The molecular formula is C14H19NO5. The third-order valence-corrected chi connectivity index (χ3v) is 2.56. The summed E-state index contributed by atoms with van der Waals surface area (Å²) in [6.07, 6.45) is -0.554. The lowest BCUT2D eigenvalue weighted by Crippen LogP contribution is -2.41. The van der Waals surface area contributed by atoms with E-state index in [1.54, 1.807) is 0 Å². The molecule has 1 atom stereocenters. The number of carboxylic acids is 1. The number of hydrogen-bond acceptors (Lipinski definition) is 4. The van der Waals surface area contributed by atoms with Crippen LogP contribution >= 0.6 is 0 Å². The lowest BCUT2D eigenvalue weighted by molar-refractivity contribution is -0.139. The molecule has 6 heteroatoms. The van der Waals surface area contributed by atoms with Gasteiger partial charge in [0.2, 0.25) is 0 Å². The van der Waals surface area contributed by atoms with Crippen LogP contribution in [0.15, 0.2) is 30.3 Å². The van der Waals surface area contributed by atoms with Gasteiger partial charge in [0.1, 0.15) is 12.6 Å². The fourth-order valence-corrected chi connectivity index (χ4v) is 1.51. The van der Waals surface area contributed by atoms with Gasteiger partial charge in [0.25, 0.3) is 0 Å². The molecule has 6 nitrogen and oxygen atoms in total. The second kappa shape index (κ2) is 8.92. The number of rotatable bonds is 8. The molecule has 0 aliphatic rings. The summed E-state index contributed by atoms with van der Waals surface area (Å²) >= 11 is 0. The summed E-state index contributed by atoms with van der Waals surface area (Å²) in [5.41, 5.74) is 0.837. The molecule has 1 aromatic rings.